The largest absolute Gasteiger partial charge is 0.355 e. The highest BCUT2D eigenvalue weighted by Gasteiger charge is 2.04. The number of aromatic nitrogens is 2. The first-order valence-corrected chi connectivity index (χ1v) is 6.09. The normalized spacial score (nSPS) is 9.53. The summed E-state index contributed by atoms with van der Waals surface area (Å²) < 4.78 is 0. The molecule has 0 saturated heterocycles. The molecule has 0 aliphatic carbocycles. The van der Waals surface area contributed by atoms with Gasteiger partial charge < -0.3 is 5.32 Å². The van der Waals surface area contributed by atoms with Crippen molar-refractivity contribution in [1.82, 2.24) is 15.5 Å². The Bertz CT molecular complexity index is 605. The Morgan fingerprint density at radius 1 is 1.37 bits per heavy atom. The van der Waals surface area contributed by atoms with Crippen LogP contribution in [0, 0.1) is 11.8 Å². The highest BCUT2D eigenvalue weighted by Crippen LogP contribution is 2.19. The van der Waals surface area contributed by atoms with Gasteiger partial charge in [-0.1, -0.05) is 42.2 Å². The lowest BCUT2D eigenvalue weighted by Crippen LogP contribution is -2.20. The number of amides is 1. The molecule has 0 radical (unpaired) electrons. The van der Waals surface area contributed by atoms with Gasteiger partial charge in [-0.25, -0.2) is 0 Å². The van der Waals surface area contributed by atoms with E-state index in [1.54, 1.807) is 6.20 Å². The van der Waals surface area contributed by atoms with Gasteiger partial charge in [-0.3, -0.25) is 9.89 Å². The number of nitrogens with zero attached hydrogens (tertiary/aromatic N) is 1. The van der Waals surface area contributed by atoms with Crippen molar-refractivity contribution in [2.75, 3.05) is 6.54 Å². The number of rotatable bonds is 3. The first-order chi connectivity index (χ1) is 9.27. The molecule has 0 unspecified atom stereocenters. The summed E-state index contributed by atoms with van der Waals surface area (Å²) in [7, 11) is 0. The predicted molar refractivity (Wildman–Crippen MR) is 74.2 cm³/mol. The summed E-state index contributed by atoms with van der Waals surface area (Å²) in [6.45, 7) is 2.07. The maximum atomic E-state index is 10.7. The average molecular weight is 253 g/mol. The summed E-state index contributed by atoms with van der Waals surface area (Å²) in [6, 6.07) is 9.94. The Labute approximate surface area is 112 Å². The molecule has 0 spiro atoms. The van der Waals surface area contributed by atoms with E-state index in [1.165, 1.54) is 6.92 Å². The van der Waals surface area contributed by atoms with E-state index in [2.05, 4.69) is 27.4 Å². The van der Waals surface area contributed by atoms with Gasteiger partial charge >= 0.3 is 0 Å². The number of carbonyl (C=O) groups is 1. The van der Waals surface area contributed by atoms with Crippen LogP contribution >= 0.6 is 0 Å². The Morgan fingerprint density at radius 2 is 2.16 bits per heavy atom. The van der Waals surface area contributed by atoms with Crippen molar-refractivity contribution in [2.24, 2.45) is 0 Å². The summed E-state index contributed by atoms with van der Waals surface area (Å²) in [4.78, 5) is 10.7. The van der Waals surface area contributed by atoms with Crippen LogP contribution in [0.1, 0.15) is 18.9 Å². The molecular weight excluding hydrogens is 238 g/mol. The third-order valence-electron chi connectivity index (χ3n) is 2.55. The van der Waals surface area contributed by atoms with E-state index >= 15 is 0 Å². The van der Waals surface area contributed by atoms with Crippen molar-refractivity contribution in [3.8, 4) is 23.1 Å². The zero-order valence-electron chi connectivity index (χ0n) is 10.7. The lowest BCUT2D eigenvalue weighted by molar-refractivity contribution is -0.118. The van der Waals surface area contributed by atoms with Gasteiger partial charge in [0.05, 0.1) is 17.5 Å². The molecule has 1 amide bonds. The molecule has 0 saturated carbocycles. The van der Waals surface area contributed by atoms with Gasteiger partial charge in [0.15, 0.2) is 0 Å². The summed E-state index contributed by atoms with van der Waals surface area (Å²) in [5, 5.41) is 9.69. The lowest BCUT2D eigenvalue weighted by atomic mass is 10.1. The summed E-state index contributed by atoms with van der Waals surface area (Å²) in [6.07, 6.45) is 2.34. The van der Waals surface area contributed by atoms with Crippen LogP contribution in [0.25, 0.3) is 11.3 Å². The Balaban J connectivity index is 2.05. The Hall–Kier alpha value is -2.54. The molecular formula is C15H15N3O. The van der Waals surface area contributed by atoms with Crippen LogP contribution in [-0.4, -0.2) is 22.6 Å². The number of nitrogens with one attached hydrogen (secondary N) is 2. The molecule has 4 nitrogen and oxygen atoms in total. The number of benzene rings is 1. The molecule has 0 fully saturated rings. The number of H-pyrrole nitrogens is 1. The molecule has 96 valence electrons. The van der Waals surface area contributed by atoms with Crippen LogP contribution < -0.4 is 5.32 Å². The quantitative estimate of drug-likeness (QED) is 0.649. The van der Waals surface area contributed by atoms with Crippen LogP contribution in [0.4, 0.5) is 0 Å². The molecule has 1 aromatic heterocycles. The van der Waals surface area contributed by atoms with Crippen molar-refractivity contribution >= 4 is 5.91 Å². The molecule has 0 atom stereocenters. The third kappa shape index (κ3) is 3.71. The fourth-order valence-electron chi connectivity index (χ4n) is 1.66. The number of aromatic amines is 1. The standard InChI is InChI=1S/C15H15N3O/c1-12(19)16-10-6-5-9-14-11-17-18-15(14)13-7-3-2-4-8-13/h2-4,7-8,11H,6,10H2,1H3,(H,16,19)(H,17,18). The topological polar surface area (TPSA) is 57.8 Å². The van der Waals surface area contributed by atoms with E-state index in [0.29, 0.717) is 13.0 Å². The molecule has 4 heteroatoms. The van der Waals surface area contributed by atoms with Gasteiger partial charge in [-0.15, -0.1) is 0 Å². The molecule has 1 heterocycles. The third-order valence-corrected chi connectivity index (χ3v) is 2.55. The maximum Gasteiger partial charge on any atom is 0.216 e. The van der Waals surface area contributed by atoms with Gasteiger partial charge in [0.25, 0.3) is 0 Å². The Kier molecular flexibility index (Phi) is 4.35. The van der Waals surface area contributed by atoms with Crippen molar-refractivity contribution in [3.63, 3.8) is 0 Å². The fraction of sp³-hybridized carbons (Fsp3) is 0.200. The SMILES string of the molecule is CC(=O)NCCC#Cc1cn[nH]c1-c1ccccc1. The molecule has 2 aromatic rings. The van der Waals surface area contributed by atoms with Gasteiger partial charge in [-0.05, 0) is 0 Å². The molecule has 19 heavy (non-hydrogen) atoms. The van der Waals surface area contributed by atoms with Crippen molar-refractivity contribution in [1.29, 1.82) is 0 Å². The van der Waals surface area contributed by atoms with E-state index in [4.69, 9.17) is 0 Å². The number of hydrogen-bond acceptors (Lipinski definition) is 2. The monoisotopic (exact) mass is 253 g/mol. The number of carbonyl (C=O) groups excluding carboxylic acids is 1. The summed E-state index contributed by atoms with van der Waals surface area (Å²) in [5.41, 5.74) is 2.85. The average Bonchev–Trinajstić information content (AvgIpc) is 2.87. The van der Waals surface area contributed by atoms with Crippen LogP contribution in [0.3, 0.4) is 0 Å². The maximum absolute atomic E-state index is 10.7. The predicted octanol–water partition coefficient (Wildman–Crippen LogP) is 1.95. The summed E-state index contributed by atoms with van der Waals surface area (Å²) in [5.74, 6) is 6.07. The van der Waals surface area contributed by atoms with E-state index in [9.17, 15) is 4.79 Å². The van der Waals surface area contributed by atoms with Crippen LogP contribution in [0.2, 0.25) is 0 Å². The molecule has 2 rings (SSSR count). The van der Waals surface area contributed by atoms with Crippen LogP contribution in [0.5, 0.6) is 0 Å². The lowest BCUT2D eigenvalue weighted by Gasteiger charge is -1.97. The van der Waals surface area contributed by atoms with Crippen LogP contribution in [0.15, 0.2) is 36.5 Å². The molecule has 0 aliphatic heterocycles. The van der Waals surface area contributed by atoms with Gasteiger partial charge in [0.1, 0.15) is 0 Å². The van der Waals surface area contributed by atoms with Crippen molar-refractivity contribution in [3.05, 3.63) is 42.1 Å². The highest BCUT2D eigenvalue weighted by molar-refractivity contribution is 5.72. The molecule has 1 aromatic carbocycles. The fourth-order valence-corrected chi connectivity index (χ4v) is 1.66. The minimum Gasteiger partial charge on any atom is -0.355 e. The molecule has 0 bridgehead atoms. The zero-order valence-corrected chi connectivity index (χ0v) is 10.7. The minimum absolute atomic E-state index is 0.0323. The zero-order chi connectivity index (χ0) is 13.5. The number of hydrogen-bond donors (Lipinski definition) is 2. The van der Waals surface area contributed by atoms with Crippen LogP contribution in [-0.2, 0) is 4.79 Å². The second kappa shape index (κ2) is 6.41. The van der Waals surface area contributed by atoms with E-state index in [1.807, 2.05) is 30.3 Å². The van der Waals surface area contributed by atoms with Crippen molar-refractivity contribution < 1.29 is 4.79 Å². The first kappa shape index (κ1) is 12.9. The van der Waals surface area contributed by atoms with Crippen molar-refractivity contribution in [2.45, 2.75) is 13.3 Å². The minimum atomic E-state index is -0.0323. The second-order valence-electron chi connectivity index (χ2n) is 4.06. The second-order valence-corrected chi connectivity index (χ2v) is 4.06. The smallest absolute Gasteiger partial charge is 0.216 e. The Morgan fingerprint density at radius 3 is 2.89 bits per heavy atom. The van der Waals surface area contributed by atoms with Gasteiger partial charge in [0, 0.05) is 25.5 Å². The van der Waals surface area contributed by atoms with Gasteiger partial charge in [0.2, 0.25) is 5.91 Å². The summed E-state index contributed by atoms with van der Waals surface area (Å²) >= 11 is 0. The highest BCUT2D eigenvalue weighted by atomic mass is 16.1. The van der Waals surface area contributed by atoms with E-state index in [-0.39, 0.29) is 5.91 Å². The van der Waals surface area contributed by atoms with Gasteiger partial charge in [-0.2, -0.15) is 5.10 Å². The molecule has 0 aliphatic rings. The van der Waals surface area contributed by atoms with E-state index in [0.717, 1.165) is 16.8 Å². The van der Waals surface area contributed by atoms with E-state index < -0.39 is 0 Å². The first-order valence-electron chi connectivity index (χ1n) is 6.09. The molecule has 2 N–H and O–H groups in total.